The van der Waals surface area contributed by atoms with Crippen LogP contribution in [0.3, 0.4) is 0 Å². The summed E-state index contributed by atoms with van der Waals surface area (Å²) in [7, 11) is 3.47. The lowest BCUT2D eigenvalue weighted by Gasteiger charge is -2.09. The van der Waals surface area contributed by atoms with Gasteiger partial charge in [-0.05, 0) is 49.9 Å². The summed E-state index contributed by atoms with van der Waals surface area (Å²) in [6.07, 6.45) is 12.2. The van der Waals surface area contributed by atoms with Crippen LogP contribution in [-0.4, -0.2) is 24.2 Å². The molecule has 0 radical (unpaired) electrons. The third-order valence-corrected chi connectivity index (χ3v) is 6.52. The average Bonchev–Trinajstić information content (AvgIpc) is 2.88. The number of methoxy groups -OCH3 is 2. The van der Waals surface area contributed by atoms with Crippen LogP contribution in [0.2, 0.25) is 0 Å². The molecule has 4 heteroatoms. The third kappa shape index (κ3) is 6.25. The van der Waals surface area contributed by atoms with Crippen molar-refractivity contribution < 1.29 is 9.47 Å². The number of hydrogen-bond donors (Lipinski definition) is 0. The number of unbranched alkanes of at least 4 members (excludes halogenated alkanes) is 7. The molecule has 2 aromatic carbocycles. The van der Waals surface area contributed by atoms with Gasteiger partial charge in [0.05, 0.1) is 25.3 Å². The van der Waals surface area contributed by atoms with Crippen LogP contribution < -0.4 is 9.47 Å². The van der Waals surface area contributed by atoms with Crippen molar-refractivity contribution in [3.8, 4) is 11.5 Å². The van der Waals surface area contributed by atoms with Crippen LogP contribution in [-0.2, 0) is 12.8 Å². The van der Waals surface area contributed by atoms with Crippen LogP contribution in [0.15, 0.2) is 60.7 Å². The van der Waals surface area contributed by atoms with Gasteiger partial charge in [0.25, 0.3) is 0 Å². The summed E-state index contributed by atoms with van der Waals surface area (Å²) in [5, 5.41) is 2.17. The Labute approximate surface area is 203 Å². The molecule has 4 aromatic rings. The maximum atomic E-state index is 5.57. The molecule has 0 spiro atoms. The normalized spacial score (nSPS) is 11.2. The summed E-state index contributed by atoms with van der Waals surface area (Å²) in [6, 6.07) is 20.6. The van der Waals surface area contributed by atoms with Crippen molar-refractivity contribution in [2.45, 2.75) is 64.2 Å². The summed E-state index contributed by atoms with van der Waals surface area (Å²) in [5.41, 5.74) is 4.31. The molecule has 0 aliphatic heterocycles. The molecule has 0 bridgehead atoms. The Morgan fingerprint density at radius 2 is 0.912 bits per heavy atom. The second kappa shape index (κ2) is 12.4. The maximum absolute atomic E-state index is 5.57. The molecule has 0 amide bonds. The van der Waals surface area contributed by atoms with E-state index in [1.807, 2.05) is 24.3 Å². The van der Waals surface area contributed by atoms with E-state index < -0.39 is 0 Å². The number of nitrogens with zero attached hydrogens (tertiary/aromatic N) is 2. The average molecular weight is 457 g/mol. The van der Waals surface area contributed by atoms with Gasteiger partial charge >= 0.3 is 0 Å². The van der Waals surface area contributed by atoms with Gasteiger partial charge in [-0.2, -0.15) is 0 Å². The molecular weight excluding hydrogens is 420 g/mol. The van der Waals surface area contributed by atoms with E-state index in [9.17, 15) is 0 Å². The highest BCUT2D eigenvalue weighted by atomic mass is 16.5. The quantitative estimate of drug-likeness (QED) is 0.193. The number of pyridine rings is 2. The smallest absolute Gasteiger partial charge is 0.130 e. The number of aryl methyl sites for hydroxylation is 2. The van der Waals surface area contributed by atoms with Crippen molar-refractivity contribution in [2.24, 2.45) is 0 Å². The molecule has 0 saturated carbocycles. The van der Waals surface area contributed by atoms with E-state index in [0.717, 1.165) is 57.5 Å². The number of hydrogen-bond acceptors (Lipinski definition) is 4. The zero-order chi connectivity index (χ0) is 23.6. The number of rotatable bonds is 13. The number of aromatic nitrogens is 2. The van der Waals surface area contributed by atoms with E-state index >= 15 is 0 Å². The predicted octanol–water partition coefficient (Wildman–Crippen LogP) is 7.71. The van der Waals surface area contributed by atoms with Crippen molar-refractivity contribution in [3.05, 3.63) is 72.1 Å². The second-order valence-corrected chi connectivity index (χ2v) is 8.99. The van der Waals surface area contributed by atoms with Crippen molar-refractivity contribution in [1.29, 1.82) is 0 Å². The Balaban J connectivity index is 1.11. The number of fused-ring (bicyclic) bond motifs is 2. The SMILES string of the molecule is COc1cc(CCCCCCCCCCc2cc(OC)c3ccccc3n2)nc2ccccc12. The first-order valence-electron chi connectivity index (χ1n) is 12.6. The zero-order valence-corrected chi connectivity index (χ0v) is 20.6. The summed E-state index contributed by atoms with van der Waals surface area (Å²) in [6.45, 7) is 0. The van der Waals surface area contributed by atoms with Gasteiger partial charge in [0, 0.05) is 34.3 Å². The topological polar surface area (TPSA) is 44.2 Å². The molecule has 0 unspecified atom stereocenters. The molecule has 0 aliphatic carbocycles. The van der Waals surface area contributed by atoms with Gasteiger partial charge in [0.15, 0.2) is 0 Å². The molecule has 0 N–H and O–H groups in total. The van der Waals surface area contributed by atoms with Gasteiger partial charge in [0.2, 0.25) is 0 Å². The molecular formula is C30H36N2O2. The summed E-state index contributed by atoms with van der Waals surface area (Å²) < 4.78 is 11.1. The number of ether oxygens (including phenoxy) is 2. The van der Waals surface area contributed by atoms with Crippen LogP contribution in [0.25, 0.3) is 21.8 Å². The van der Waals surface area contributed by atoms with E-state index in [2.05, 4.69) is 36.4 Å². The Hall–Kier alpha value is -3.14. The fourth-order valence-corrected chi connectivity index (χ4v) is 4.66. The lowest BCUT2D eigenvalue weighted by molar-refractivity contribution is 0.418. The summed E-state index contributed by atoms with van der Waals surface area (Å²) in [5.74, 6) is 1.86. The molecule has 178 valence electrons. The van der Waals surface area contributed by atoms with E-state index in [0.29, 0.717) is 0 Å². The Kier molecular flexibility index (Phi) is 8.72. The Morgan fingerprint density at radius 1 is 0.529 bits per heavy atom. The highest BCUT2D eigenvalue weighted by Gasteiger charge is 2.07. The first-order valence-corrected chi connectivity index (χ1v) is 12.6. The first-order chi connectivity index (χ1) is 16.8. The van der Waals surface area contributed by atoms with Gasteiger partial charge in [-0.3, -0.25) is 9.97 Å². The summed E-state index contributed by atoms with van der Waals surface area (Å²) in [4.78, 5) is 9.62. The molecule has 2 heterocycles. The molecule has 0 aliphatic rings. The second-order valence-electron chi connectivity index (χ2n) is 8.99. The van der Waals surface area contributed by atoms with Crippen LogP contribution in [0.1, 0.15) is 62.8 Å². The van der Waals surface area contributed by atoms with Crippen LogP contribution in [0.4, 0.5) is 0 Å². The lowest BCUT2D eigenvalue weighted by Crippen LogP contribution is -1.95. The molecule has 4 rings (SSSR count). The largest absolute Gasteiger partial charge is 0.496 e. The molecule has 0 saturated heterocycles. The molecule has 0 fully saturated rings. The van der Waals surface area contributed by atoms with E-state index in [1.54, 1.807) is 14.2 Å². The van der Waals surface area contributed by atoms with Gasteiger partial charge in [-0.25, -0.2) is 0 Å². The first kappa shape index (κ1) is 24.0. The highest BCUT2D eigenvalue weighted by Crippen LogP contribution is 2.27. The van der Waals surface area contributed by atoms with Crippen LogP contribution >= 0.6 is 0 Å². The minimum atomic E-state index is 0.929. The minimum absolute atomic E-state index is 0.929. The Bertz CT molecular complexity index is 1110. The van der Waals surface area contributed by atoms with Crippen molar-refractivity contribution >= 4 is 21.8 Å². The number of para-hydroxylation sites is 2. The fraction of sp³-hybridized carbons (Fsp3) is 0.400. The Morgan fingerprint density at radius 3 is 1.32 bits per heavy atom. The third-order valence-electron chi connectivity index (χ3n) is 6.52. The fourth-order valence-electron chi connectivity index (χ4n) is 4.66. The minimum Gasteiger partial charge on any atom is -0.496 e. The van der Waals surface area contributed by atoms with Crippen molar-refractivity contribution in [2.75, 3.05) is 14.2 Å². The van der Waals surface area contributed by atoms with Crippen LogP contribution in [0.5, 0.6) is 11.5 Å². The van der Waals surface area contributed by atoms with Crippen LogP contribution in [0, 0.1) is 0 Å². The monoisotopic (exact) mass is 456 g/mol. The van der Waals surface area contributed by atoms with E-state index in [1.165, 1.54) is 51.4 Å². The lowest BCUT2D eigenvalue weighted by atomic mass is 10.0. The van der Waals surface area contributed by atoms with Gasteiger partial charge < -0.3 is 9.47 Å². The maximum Gasteiger partial charge on any atom is 0.130 e. The standard InChI is InChI=1S/C30H36N2O2/c1-33-29-21-23(31-27-19-13-11-17-25(27)29)15-9-7-5-3-4-6-8-10-16-24-22-30(34-2)26-18-12-14-20-28(26)32-24/h11-14,17-22H,3-10,15-16H2,1-2H3. The van der Waals surface area contributed by atoms with Crippen molar-refractivity contribution in [1.82, 2.24) is 9.97 Å². The molecule has 34 heavy (non-hydrogen) atoms. The molecule has 2 aromatic heterocycles. The highest BCUT2D eigenvalue weighted by molar-refractivity contribution is 5.85. The van der Waals surface area contributed by atoms with E-state index in [4.69, 9.17) is 19.4 Å². The summed E-state index contributed by atoms with van der Waals surface area (Å²) >= 11 is 0. The van der Waals surface area contributed by atoms with Crippen molar-refractivity contribution in [3.63, 3.8) is 0 Å². The predicted molar refractivity (Wildman–Crippen MR) is 141 cm³/mol. The van der Waals surface area contributed by atoms with Gasteiger partial charge in [-0.1, -0.05) is 62.8 Å². The van der Waals surface area contributed by atoms with E-state index in [-0.39, 0.29) is 0 Å². The van der Waals surface area contributed by atoms with Gasteiger partial charge in [-0.15, -0.1) is 0 Å². The van der Waals surface area contributed by atoms with Gasteiger partial charge in [0.1, 0.15) is 11.5 Å². The molecule has 4 nitrogen and oxygen atoms in total. The molecule has 0 atom stereocenters. The number of benzene rings is 2. The zero-order valence-electron chi connectivity index (χ0n) is 20.6.